The molecule has 2 aromatic rings. The van der Waals surface area contributed by atoms with E-state index in [0.717, 1.165) is 24.9 Å². The van der Waals surface area contributed by atoms with Gasteiger partial charge in [-0.25, -0.2) is 0 Å². The highest BCUT2D eigenvalue weighted by molar-refractivity contribution is 6.07. The molecule has 0 radical (unpaired) electrons. The predicted octanol–water partition coefficient (Wildman–Crippen LogP) is 3.13. The molecule has 1 heterocycles. The first-order valence-corrected chi connectivity index (χ1v) is 10.1. The number of benzene rings is 2. The van der Waals surface area contributed by atoms with E-state index in [2.05, 4.69) is 17.6 Å². The molecule has 0 unspecified atom stereocenters. The zero-order valence-electron chi connectivity index (χ0n) is 16.5. The van der Waals surface area contributed by atoms with Crippen LogP contribution in [0, 0.1) is 5.92 Å². The van der Waals surface area contributed by atoms with Crippen LogP contribution >= 0.6 is 0 Å². The largest absolute Gasteiger partial charge is 0.349 e. The lowest BCUT2D eigenvalue weighted by atomic mass is 10.1. The van der Waals surface area contributed by atoms with Gasteiger partial charge in [0.15, 0.2) is 0 Å². The van der Waals surface area contributed by atoms with Gasteiger partial charge in [0, 0.05) is 24.7 Å². The van der Waals surface area contributed by atoms with E-state index in [1.54, 1.807) is 29.2 Å². The van der Waals surface area contributed by atoms with Gasteiger partial charge >= 0.3 is 0 Å². The minimum Gasteiger partial charge on any atom is -0.349 e. The third-order valence-electron chi connectivity index (χ3n) is 5.49. The Kier molecular flexibility index (Phi) is 5.34. The van der Waals surface area contributed by atoms with Crippen LogP contribution in [0.2, 0.25) is 0 Å². The van der Waals surface area contributed by atoms with Crippen LogP contribution in [0.15, 0.2) is 48.5 Å². The molecule has 1 atom stereocenters. The van der Waals surface area contributed by atoms with Crippen molar-refractivity contribution in [3.8, 4) is 0 Å². The molecule has 2 aliphatic rings. The summed E-state index contributed by atoms with van der Waals surface area (Å²) >= 11 is 0. The molecule has 0 spiro atoms. The average Bonchev–Trinajstić information content (AvgIpc) is 3.46. The van der Waals surface area contributed by atoms with Gasteiger partial charge in [-0.3, -0.25) is 14.4 Å². The topological polar surface area (TPSA) is 78.5 Å². The second-order valence-corrected chi connectivity index (χ2v) is 7.71. The zero-order valence-corrected chi connectivity index (χ0v) is 16.5. The van der Waals surface area contributed by atoms with Gasteiger partial charge in [0.05, 0.1) is 17.2 Å². The highest BCUT2D eigenvalue weighted by Crippen LogP contribution is 2.27. The van der Waals surface area contributed by atoms with E-state index in [-0.39, 0.29) is 30.2 Å². The van der Waals surface area contributed by atoms with E-state index in [1.807, 2.05) is 24.3 Å². The second-order valence-electron chi connectivity index (χ2n) is 7.71. The molecule has 0 bridgehead atoms. The molecule has 1 aliphatic heterocycles. The second kappa shape index (κ2) is 8.07. The van der Waals surface area contributed by atoms with Crippen molar-refractivity contribution in [2.75, 3.05) is 16.8 Å². The Hall–Kier alpha value is -3.15. The van der Waals surface area contributed by atoms with Crippen molar-refractivity contribution in [1.29, 1.82) is 0 Å². The first-order valence-electron chi connectivity index (χ1n) is 10.1. The number of carbonyl (C=O) groups is 3. The summed E-state index contributed by atoms with van der Waals surface area (Å²) in [5, 5.41) is 5.80. The molecule has 6 nitrogen and oxygen atoms in total. The number of hydrogen-bond acceptors (Lipinski definition) is 3. The fraction of sp³-hybridized carbons (Fsp3) is 0.348. The predicted molar refractivity (Wildman–Crippen MR) is 112 cm³/mol. The summed E-state index contributed by atoms with van der Waals surface area (Å²) in [7, 11) is 0. The maximum absolute atomic E-state index is 12.8. The Morgan fingerprint density at radius 2 is 1.79 bits per heavy atom. The zero-order chi connectivity index (χ0) is 20.4. The van der Waals surface area contributed by atoms with Crippen LogP contribution in [0.25, 0.3) is 0 Å². The maximum Gasteiger partial charge on any atom is 0.253 e. The molecule has 4 rings (SSSR count). The SMILES string of the molecule is CCc1ccc(N2C[C@@H](C(=O)Nc3ccccc3C(=O)NC3CC3)CC2=O)cc1. The number of hydrogen-bond donors (Lipinski definition) is 2. The number of amides is 3. The van der Waals surface area contributed by atoms with Crippen LogP contribution < -0.4 is 15.5 Å². The van der Waals surface area contributed by atoms with Gasteiger partial charge in [0.2, 0.25) is 11.8 Å². The smallest absolute Gasteiger partial charge is 0.253 e. The number of nitrogens with one attached hydrogen (secondary N) is 2. The molecule has 29 heavy (non-hydrogen) atoms. The highest BCUT2D eigenvalue weighted by Gasteiger charge is 2.35. The molecule has 2 aromatic carbocycles. The molecule has 0 aromatic heterocycles. The summed E-state index contributed by atoms with van der Waals surface area (Å²) in [6, 6.07) is 15.1. The average molecular weight is 391 g/mol. The number of carbonyl (C=O) groups excluding carboxylic acids is 3. The van der Waals surface area contributed by atoms with Crippen LogP contribution in [0.3, 0.4) is 0 Å². The molecule has 2 N–H and O–H groups in total. The Labute approximate surface area is 170 Å². The normalized spacial score (nSPS) is 18.6. The summed E-state index contributed by atoms with van der Waals surface area (Å²) in [5.41, 5.74) is 2.94. The van der Waals surface area contributed by atoms with Gasteiger partial charge in [0.25, 0.3) is 5.91 Å². The summed E-state index contributed by atoms with van der Waals surface area (Å²) < 4.78 is 0. The summed E-state index contributed by atoms with van der Waals surface area (Å²) in [6.07, 6.45) is 3.10. The van der Waals surface area contributed by atoms with Crippen LogP contribution in [-0.2, 0) is 16.0 Å². The van der Waals surface area contributed by atoms with Crippen LogP contribution in [-0.4, -0.2) is 30.3 Å². The van der Waals surface area contributed by atoms with Gasteiger partial charge in [0.1, 0.15) is 0 Å². The monoisotopic (exact) mass is 391 g/mol. The molecule has 6 heteroatoms. The highest BCUT2D eigenvalue weighted by atomic mass is 16.2. The quantitative estimate of drug-likeness (QED) is 0.794. The minimum absolute atomic E-state index is 0.0610. The van der Waals surface area contributed by atoms with Crippen molar-refractivity contribution in [3.05, 3.63) is 59.7 Å². The number of rotatable bonds is 6. The van der Waals surface area contributed by atoms with E-state index >= 15 is 0 Å². The van der Waals surface area contributed by atoms with Crippen LogP contribution in [0.5, 0.6) is 0 Å². The third kappa shape index (κ3) is 4.31. The van der Waals surface area contributed by atoms with E-state index in [0.29, 0.717) is 17.8 Å². The molecule has 1 saturated carbocycles. The number of nitrogens with zero attached hydrogens (tertiary/aromatic N) is 1. The summed E-state index contributed by atoms with van der Waals surface area (Å²) in [4.78, 5) is 39.4. The van der Waals surface area contributed by atoms with Gasteiger partial charge < -0.3 is 15.5 Å². The lowest BCUT2D eigenvalue weighted by Crippen LogP contribution is -2.30. The summed E-state index contributed by atoms with van der Waals surface area (Å²) in [6.45, 7) is 2.42. The standard InChI is InChI=1S/C23H25N3O3/c1-2-15-7-11-18(12-8-15)26-14-16(13-21(26)27)22(28)25-20-6-4-3-5-19(20)23(29)24-17-9-10-17/h3-8,11-12,16-17H,2,9-10,13-14H2,1H3,(H,24,29)(H,25,28)/t16-/m0/s1. The van der Waals surface area contributed by atoms with Gasteiger partial charge in [-0.2, -0.15) is 0 Å². The van der Waals surface area contributed by atoms with E-state index in [1.165, 1.54) is 5.56 Å². The maximum atomic E-state index is 12.8. The van der Waals surface area contributed by atoms with Crippen molar-refractivity contribution in [1.82, 2.24) is 5.32 Å². The molecule has 150 valence electrons. The molecule has 2 fully saturated rings. The van der Waals surface area contributed by atoms with Crippen molar-refractivity contribution >= 4 is 29.1 Å². The third-order valence-corrected chi connectivity index (χ3v) is 5.49. The Morgan fingerprint density at radius 3 is 2.48 bits per heavy atom. The van der Waals surface area contributed by atoms with Crippen molar-refractivity contribution < 1.29 is 14.4 Å². The molecular formula is C23H25N3O3. The molecule has 1 saturated heterocycles. The Bertz CT molecular complexity index is 935. The Balaban J connectivity index is 1.44. The fourth-order valence-electron chi connectivity index (χ4n) is 3.56. The van der Waals surface area contributed by atoms with Crippen molar-refractivity contribution in [2.45, 2.75) is 38.6 Å². The minimum atomic E-state index is -0.451. The van der Waals surface area contributed by atoms with Crippen LogP contribution in [0.4, 0.5) is 11.4 Å². The van der Waals surface area contributed by atoms with Gasteiger partial charge in [-0.05, 0) is 49.1 Å². The van der Waals surface area contributed by atoms with Crippen molar-refractivity contribution in [3.63, 3.8) is 0 Å². The Morgan fingerprint density at radius 1 is 1.07 bits per heavy atom. The van der Waals surface area contributed by atoms with E-state index in [4.69, 9.17) is 0 Å². The van der Waals surface area contributed by atoms with Crippen LogP contribution in [0.1, 0.15) is 42.1 Å². The first-order chi connectivity index (χ1) is 14.0. The first kappa shape index (κ1) is 19.2. The fourth-order valence-corrected chi connectivity index (χ4v) is 3.56. The number of para-hydroxylation sites is 1. The molecule has 3 amide bonds. The molecule has 1 aliphatic carbocycles. The van der Waals surface area contributed by atoms with E-state index in [9.17, 15) is 14.4 Å². The van der Waals surface area contributed by atoms with Gasteiger partial charge in [-0.1, -0.05) is 31.2 Å². The lowest BCUT2D eigenvalue weighted by Gasteiger charge is -2.17. The summed E-state index contributed by atoms with van der Waals surface area (Å²) in [5.74, 6) is -0.927. The lowest BCUT2D eigenvalue weighted by molar-refractivity contribution is -0.122. The number of aryl methyl sites for hydroxylation is 1. The van der Waals surface area contributed by atoms with Crippen molar-refractivity contribution in [2.24, 2.45) is 5.92 Å². The van der Waals surface area contributed by atoms with Gasteiger partial charge in [-0.15, -0.1) is 0 Å². The van der Waals surface area contributed by atoms with E-state index < -0.39 is 5.92 Å². The molecular weight excluding hydrogens is 366 g/mol. The number of anilines is 2.